The molecular formula is C17H34ClN3O4S. The minimum absolute atomic E-state index is 0. The number of nitrogens with zero attached hydrogens (tertiary/aromatic N) is 2. The number of hydrogen-bond acceptors (Lipinski definition) is 5. The second-order valence-electron chi connectivity index (χ2n) is 6.98. The second-order valence-corrected chi connectivity index (χ2v) is 9.02. The number of amides is 1. The van der Waals surface area contributed by atoms with E-state index in [1.165, 1.54) is 4.31 Å². The van der Waals surface area contributed by atoms with E-state index in [9.17, 15) is 13.2 Å². The maximum atomic E-state index is 12.9. The highest BCUT2D eigenvalue weighted by atomic mass is 35.5. The molecule has 0 aromatic carbocycles. The van der Waals surface area contributed by atoms with Crippen LogP contribution in [0, 0.1) is 0 Å². The molecule has 2 rings (SSSR count). The Labute approximate surface area is 164 Å². The molecule has 0 bridgehead atoms. The molecule has 0 spiro atoms. The number of unbranched alkanes of at least 4 members (excludes halogenated alkanes) is 1. The lowest BCUT2D eigenvalue weighted by Crippen LogP contribution is -2.51. The number of ether oxygens (including phenoxy) is 1. The SMILES string of the molecule is CCCCS(=O)(=O)N1CCCC1C(=O)N1CCC(OCCCN)CC1.Cl. The molecule has 26 heavy (non-hydrogen) atoms. The number of carbonyl (C=O) groups excluding carboxylic acids is 1. The van der Waals surface area contributed by atoms with E-state index in [0.29, 0.717) is 45.6 Å². The Kier molecular flexibility index (Phi) is 10.4. The van der Waals surface area contributed by atoms with Crippen molar-refractivity contribution in [2.75, 3.05) is 38.5 Å². The fraction of sp³-hybridized carbons (Fsp3) is 0.941. The van der Waals surface area contributed by atoms with E-state index >= 15 is 0 Å². The monoisotopic (exact) mass is 411 g/mol. The number of sulfonamides is 1. The molecule has 154 valence electrons. The fourth-order valence-electron chi connectivity index (χ4n) is 3.55. The Balaban J connectivity index is 0.00000338. The van der Waals surface area contributed by atoms with Crippen LogP contribution in [0.4, 0.5) is 0 Å². The number of likely N-dealkylation sites (tertiary alicyclic amines) is 1. The maximum absolute atomic E-state index is 12.9. The summed E-state index contributed by atoms with van der Waals surface area (Å²) in [5.41, 5.74) is 5.47. The molecule has 0 aliphatic carbocycles. The Morgan fingerprint density at radius 2 is 1.85 bits per heavy atom. The number of rotatable bonds is 9. The third-order valence-corrected chi connectivity index (χ3v) is 7.01. The summed E-state index contributed by atoms with van der Waals surface area (Å²) in [6.07, 6.45) is 5.54. The molecule has 0 aromatic rings. The summed E-state index contributed by atoms with van der Waals surface area (Å²) in [5.74, 6) is 0.114. The van der Waals surface area contributed by atoms with Crippen molar-refractivity contribution >= 4 is 28.3 Å². The van der Waals surface area contributed by atoms with Crippen molar-refractivity contribution in [1.82, 2.24) is 9.21 Å². The molecule has 1 atom stereocenters. The van der Waals surface area contributed by atoms with Crippen LogP contribution in [-0.4, -0.2) is 74.2 Å². The van der Waals surface area contributed by atoms with Gasteiger partial charge in [-0.25, -0.2) is 8.42 Å². The molecule has 1 amide bonds. The van der Waals surface area contributed by atoms with Gasteiger partial charge in [-0.1, -0.05) is 13.3 Å². The van der Waals surface area contributed by atoms with Gasteiger partial charge in [0, 0.05) is 26.2 Å². The van der Waals surface area contributed by atoms with Crippen molar-refractivity contribution in [2.45, 2.75) is 64.0 Å². The highest BCUT2D eigenvalue weighted by Gasteiger charge is 2.40. The standard InChI is InChI=1S/C17H33N3O4S.ClH/c1-2-3-14-25(22,23)20-10-4-6-16(20)17(21)19-11-7-15(8-12-19)24-13-5-9-18;/h15-16H,2-14,18H2,1H3;1H. The van der Waals surface area contributed by atoms with Gasteiger partial charge >= 0.3 is 0 Å². The Hall–Kier alpha value is -0.410. The number of halogens is 1. The predicted octanol–water partition coefficient (Wildman–Crippen LogP) is 1.36. The van der Waals surface area contributed by atoms with E-state index in [-0.39, 0.29) is 30.2 Å². The summed E-state index contributed by atoms with van der Waals surface area (Å²) in [5, 5.41) is 0. The van der Waals surface area contributed by atoms with Crippen molar-refractivity contribution in [1.29, 1.82) is 0 Å². The van der Waals surface area contributed by atoms with Crippen LogP contribution in [0.15, 0.2) is 0 Å². The summed E-state index contributed by atoms with van der Waals surface area (Å²) >= 11 is 0. The molecule has 2 fully saturated rings. The van der Waals surface area contributed by atoms with Crippen LogP contribution in [0.25, 0.3) is 0 Å². The lowest BCUT2D eigenvalue weighted by molar-refractivity contribution is -0.137. The zero-order chi connectivity index (χ0) is 18.3. The molecular weight excluding hydrogens is 378 g/mol. The van der Waals surface area contributed by atoms with Crippen molar-refractivity contribution < 1.29 is 17.9 Å². The minimum atomic E-state index is -3.33. The van der Waals surface area contributed by atoms with Crippen molar-refractivity contribution in [2.24, 2.45) is 5.73 Å². The van der Waals surface area contributed by atoms with Gasteiger partial charge < -0.3 is 15.4 Å². The van der Waals surface area contributed by atoms with Crippen LogP contribution in [0.1, 0.15) is 51.9 Å². The molecule has 0 radical (unpaired) electrons. The van der Waals surface area contributed by atoms with Crippen molar-refractivity contribution in [3.05, 3.63) is 0 Å². The smallest absolute Gasteiger partial charge is 0.241 e. The molecule has 0 aromatic heterocycles. The highest BCUT2D eigenvalue weighted by molar-refractivity contribution is 7.89. The zero-order valence-electron chi connectivity index (χ0n) is 15.8. The Bertz CT molecular complexity index is 524. The fourth-order valence-corrected chi connectivity index (χ4v) is 5.43. The molecule has 2 aliphatic heterocycles. The summed E-state index contributed by atoms with van der Waals surface area (Å²) in [6.45, 7) is 5.03. The Morgan fingerprint density at radius 3 is 2.46 bits per heavy atom. The van der Waals surface area contributed by atoms with Crippen LogP contribution in [0.5, 0.6) is 0 Å². The van der Waals surface area contributed by atoms with Gasteiger partial charge in [0.25, 0.3) is 0 Å². The number of piperidine rings is 1. The van der Waals surface area contributed by atoms with E-state index < -0.39 is 16.1 Å². The van der Waals surface area contributed by atoms with E-state index in [0.717, 1.165) is 32.1 Å². The number of hydrogen-bond donors (Lipinski definition) is 1. The molecule has 0 saturated carbocycles. The molecule has 1 unspecified atom stereocenters. The van der Waals surface area contributed by atoms with Crippen LogP contribution >= 0.6 is 12.4 Å². The first-order valence-electron chi connectivity index (χ1n) is 9.59. The molecule has 7 nitrogen and oxygen atoms in total. The van der Waals surface area contributed by atoms with Crippen molar-refractivity contribution in [3.8, 4) is 0 Å². The lowest BCUT2D eigenvalue weighted by Gasteiger charge is -2.35. The number of carbonyl (C=O) groups is 1. The quantitative estimate of drug-likeness (QED) is 0.578. The van der Waals surface area contributed by atoms with Crippen molar-refractivity contribution in [3.63, 3.8) is 0 Å². The van der Waals surface area contributed by atoms with Crippen LogP contribution < -0.4 is 5.73 Å². The third-order valence-electron chi connectivity index (χ3n) is 5.06. The summed E-state index contributed by atoms with van der Waals surface area (Å²) in [7, 11) is -3.33. The first kappa shape index (κ1) is 23.6. The van der Waals surface area contributed by atoms with Crippen LogP contribution in [0.3, 0.4) is 0 Å². The van der Waals surface area contributed by atoms with E-state index in [4.69, 9.17) is 10.5 Å². The predicted molar refractivity (Wildman–Crippen MR) is 105 cm³/mol. The van der Waals surface area contributed by atoms with Crippen LogP contribution in [0.2, 0.25) is 0 Å². The first-order valence-corrected chi connectivity index (χ1v) is 11.2. The van der Waals surface area contributed by atoms with E-state index in [1.807, 2.05) is 11.8 Å². The first-order chi connectivity index (χ1) is 12.0. The molecule has 2 N–H and O–H groups in total. The van der Waals surface area contributed by atoms with Gasteiger partial charge in [0.05, 0.1) is 11.9 Å². The maximum Gasteiger partial charge on any atom is 0.241 e. The normalized spacial score (nSPS) is 22.4. The molecule has 2 saturated heterocycles. The van der Waals surface area contributed by atoms with Gasteiger partial charge in [-0.05, 0) is 45.1 Å². The average molecular weight is 412 g/mol. The summed E-state index contributed by atoms with van der Waals surface area (Å²) < 4.78 is 32.3. The van der Waals surface area contributed by atoms with E-state index in [2.05, 4.69) is 0 Å². The third kappa shape index (κ3) is 6.34. The van der Waals surface area contributed by atoms with E-state index in [1.54, 1.807) is 0 Å². The van der Waals surface area contributed by atoms with Crippen LogP contribution in [-0.2, 0) is 19.6 Å². The van der Waals surface area contributed by atoms with Gasteiger partial charge in [0.2, 0.25) is 15.9 Å². The van der Waals surface area contributed by atoms with Gasteiger partial charge in [-0.15, -0.1) is 12.4 Å². The second kappa shape index (κ2) is 11.4. The number of nitrogens with two attached hydrogens (primary N) is 1. The summed E-state index contributed by atoms with van der Waals surface area (Å²) in [4.78, 5) is 14.7. The largest absolute Gasteiger partial charge is 0.378 e. The van der Waals surface area contributed by atoms with Gasteiger partial charge in [-0.2, -0.15) is 4.31 Å². The molecule has 2 aliphatic rings. The lowest BCUT2D eigenvalue weighted by atomic mass is 10.1. The van der Waals surface area contributed by atoms with Gasteiger partial charge in [-0.3, -0.25) is 4.79 Å². The molecule has 9 heteroatoms. The van der Waals surface area contributed by atoms with Gasteiger partial charge in [0.1, 0.15) is 6.04 Å². The summed E-state index contributed by atoms with van der Waals surface area (Å²) in [6, 6.07) is -0.503. The highest BCUT2D eigenvalue weighted by Crippen LogP contribution is 2.25. The topological polar surface area (TPSA) is 92.9 Å². The zero-order valence-corrected chi connectivity index (χ0v) is 17.4. The van der Waals surface area contributed by atoms with Gasteiger partial charge in [0.15, 0.2) is 0 Å². The minimum Gasteiger partial charge on any atom is -0.378 e. The average Bonchev–Trinajstić information content (AvgIpc) is 3.11. The molecule has 2 heterocycles. The Morgan fingerprint density at radius 1 is 1.15 bits per heavy atom.